The molecule has 0 N–H and O–H groups in total. The van der Waals surface area contributed by atoms with Crippen LogP contribution in [0.15, 0.2) is 18.2 Å². The Kier molecular flexibility index (Phi) is 3.58. The summed E-state index contributed by atoms with van der Waals surface area (Å²) >= 11 is 2.37. The van der Waals surface area contributed by atoms with E-state index in [0.717, 1.165) is 12.5 Å². The maximum absolute atomic E-state index is 3.47. The van der Waals surface area contributed by atoms with E-state index < -0.39 is 0 Å². The first kappa shape index (κ1) is 9.26. The molecule has 0 bridgehead atoms. The summed E-state index contributed by atoms with van der Waals surface area (Å²) in [5.41, 5.74) is 2.78. The van der Waals surface area contributed by atoms with Crippen molar-refractivity contribution in [3.05, 3.63) is 32.9 Å². The van der Waals surface area contributed by atoms with Crippen molar-refractivity contribution in [2.24, 2.45) is 0 Å². The van der Waals surface area contributed by atoms with Gasteiger partial charge in [-0.1, -0.05) is 18.2 Å². The SMILES string of the molecule is Cc1ccc(CC[Si])cc1I. The smallest absolute Gasteiger partial charge is 0.0225 e. The molecule has 0 aromatic heterocycles. The predicted molar refractivity (Wildman–Crippen MR) is 58.2 cm³/mol. The highest BCUT2D eigenvalue weighted by Gasteiger charge is 1.95. The average molecular weight is 273 g/mol. The molecule has 0 heterocycles. The minimum Gasteiger partial charge on any atom is -0.0597 e. The van der Waals surface area contributed by atoms with Crippen LogP contribution in [0.25, 0.3) is 0 Å². The van der Waals surface area contributed by atoms with Crippen LogP contribution in [-0.2, 0) is 6.42 Å². The zero-order valence-electron chi connectivity index (χ0n) is 6.52. The van der Waals surface area contributed by atoms with Crippen molar-refractivity contribution in [2.75, 3.05) is 0 Å². The molecule has 0 nitrogen and oxygen atoms in total. The predicted octanol–water partition coefficient (Wildman–Crippen LogP) is 2.73. The van der Waals surface area contributed by atoms with Gasteiger partial charge in [0.1, 0.15) is 0 Å². The Morgan fingerprint density at radius 2 is 2.18 bits per heavy atom. The summed E-state index contributed by atoms with van der Waals surface area (Å²) in [6.45, 7) is 2.14. The molecule has 0 unspecified atom stereocenters. The van der Waals surface area contributed by atoms with Crippen LogP contribution in [0, 0.1) is 10.5 Å². The Hall–Kier alpha value is 0.167. The lowest BCUT2D eigenvalue weighted by Crippen LogP contribution is -1.87. The summed E-state index contributed by atoms with van der Waals surface area (Å²) in [5.74, 6) is 0. The standard InChI is InChI=1S/C9H10ISi/c1-7-2-3-8(4-5-11)6-9(7)10/h2-3,6H,4-5H2,1H3. The van der Waals surface area contributed by atoms with Crippen molar-refractivity contribution in [1.29, 1.82) is 0 Å². The Morgan fingerprint density at radius 1 is 1.45 bits per heavy atom. The molecule has 1 aromatic rings. The van der Waals surface area contributed by atoms with E-state index in [2.05, 4.69) is 58.0 Å². The fourth-order valence-electron chi connectivity index (χ4n) is 0.936. The summed E-state index contributed by atoms with van der Waals surface area (Å²) in [4.78, 5) is 0. The highest BCUT2D eigenvalue weighted by atomic mass is 127. The van der Waals surface area contributed by atoms with E-state index in [4.69, 9.17) is 0 Å². The maximum Gasteiger partial charge on any atom is 0.0225 e. The molecular weight excluding hydrogens is 263 g/mol. The van der Waals surface area contributed by atoms with E-state index in [0.29, 0.717) is 0 Å². The van der Waals surface area contributed by atoms with Crippen LogP contribution in [-0.4, -0.2) is 10.2 Å². The van der Waals surface area contributed by atoms with Gasteiger partial charge in [-0.15, -0.1) is 0 Å². The first-order chi connectivity index (χ1) is 5.24. The van der Waals surface area contributed by atoms with Crippen molar-refractivity contribution in [1.82, 2.24) is 0 Å². The third kappa shape index (κ3) is 2.59. The van der Waals surface area contributed by atoms with E-state index in [1.54, 1.807) is 0 Å². The highest BCUT2D eigenvalue weighted by molar-refractivity contribution is 14.1. The lowest BCUT2D eigenvalue weighted by molar-refractivity contribution is 1.12. The second-order valence-electron chi connectivity index (χ2n) is 2.58. The fourth-order valence-corrected chi connectivity index (χ4v) is 1.80. The highest BCUT2D eigenvalue weighted by Crippen LogP contribution is 2.14. The van der Waals surface area contributed by atoms with Crippen molar-refractivity contribution in [3.8, 4) is 0 Å². The lowest BCUT2D eigenvalue weighted by Gasteiger charge is -2.01. The minimum atomic E-state index is 1.04. The van der Waals surface area contributed by atoms with Gasteiger partial charge >= 0.3 is 0 Å². The molecule has 0 atom stereocenters. The van der Waals surface area contributed by atoms with Crippen LogP contribution >= 0.6 is 22.6 Å². The lowest BCUT2D eigenvalue weighted by atomic mass is 10.1. The zero-order valence-corrected chi connectivity index (χ0v) is 9.68. The maximum atomic E-state index is 3.47. The Labute approximate surface area is 85.0 Å². The van der Waals surface area contributed by atoms with E-state index in [9.17, 15) is 0 Å². The summed E-state index contributed by atoms with van der Waals surface area (Å²) in [6, 6.07) is 7.66. The van der Waals surface area contributed by atoms with Gasteiger partial charge in [-0.3, -0.25) is 0 Å². The van der Waals surface area contributed by atoms with E-state index in [1.165, 1.54) is 14.7 Å². The average Bonchev–Trinajstić information content (AvgIpc) is 1.98. The van der Waals surface area contributed by atoms with E-state index in [1.807, 2.05) is 0 Å². The molecule has 3 radical (unpaired) electrons. The van der Waals surface area contributed by atoms with Gasteiger partial charge in [0.15, 0.2) is 0 Å². The molecule has 0 saturated carbocycles. The summed E-state index contributed by atoms with van der Waals surface area (Å²) < 4.78 is 1.36. The molecule has 0 amide bonds. The number of rotatable bonds is 2. The number of benzene rings is 1. The quantitative estimate of drug-likeness (QED) is 0.574. The monoisotopic (exact) mass is 273 g/mol. The van der Waals surface area contributed by atoms with Gasteiger partial charge in [0.05, 0.1) is 0 Å². The third-order valence-corrected chi connectivity index (χ3v) is 3.06. The van der Waals surface area contributed by atoms with Crippen LogP contribution in [0.3, 0.4) is 0 Å². The van der Waals surface area contributed by atoms with Gasteiger partial charge in [-0.2, -0.15) is 0 Å². The van der Waals surface area contributed by atoms with Crippen molar-refractivity contribution in [3.63, 3.8) is 0 Å². The molecule has 0 aliphatic heterocycles. The van der Waals surface area contributed by atoms with Crippen LogP contribution in [0.5, 0.6) is 0 Å². The number of hydrogen-bond donors (Lipinski definition) is 0. The van der Waals surface area contributed by atoms with Gasteiger partial charge < -0.3 is 0 Å². The Balaban J connectivity index is 2.86. The van der Waals surface area contributed by atoms with E-state index in [-0.39, 0.29) is 0 Å². The largest absolute Gasteiger partial charge is 0.0597 e. The fraction of sp³-hybridized carbons (Fsp3) is 0.333. The van der Waals surface area contributed by atoms with Gasteiger partial charge in [-0.05, 0) is 53.1 Å². The summed E-state index contributed by atoms with van der Waals surface area (Å²) in [5, 5.41) is 0. The van der Waals surface area contributed by atoms with E-state index >= 15 is 0 Å². The number of aryl methyl sites for hydroxylation is 2. The Morgan fingerprint density at radius 3 is 2.73 bits per heavy atom. The van der Waals surface area contributed by atoms with Crippen LogP contribution in [0.1, 0.15) is 11.1 Å². The molecule has 0 fully saturated rings. The molecule has 0 spiro atoms. The van der Waals surface area contributed by atoms with Crippen LogP contribution in [0.2, 0.25) is 6.04 Å². The van der Waals surface area contributed by atoms with Gasteiger partial charge in [0.25, 0.3) is 0 Å². The molecule has 11 heavy (non-hydrogen) atoms. The number of hydrogen-bond acceptors (Lipinski definition) is 0. The summed E-state index contributed by atoms with van der Waals surface area (Å²) in [6.07, 6.45) is 1.12. The summed E-state index contributed by atoms with van der Waals surface area (Å²) in [7, 11) is 3.47. The topological polar surface area (TPSA) is 0 Å². The molecular formula is C9H10ISi. The minimum absolute atomic E-state index is 1.04. The molecule has 2 heteroatoms. The van der Waals surface area contributed by atoms with Crippen LogP contribution in [0.4, 0.5) is 0 Å². The van der Waals surface area contributed by atoms with Gasteiger partial charge in [0, 0.05) is 13.8 Å². The molecule has 1 aromatic carbocycles. The normalized spacial score (nSPS) is 10.1. The molecule has 0 aliphatic rings. The zero-order chi connectivity index (χ0) is 8.27. The Bertz CT molecular complexity index is 245. The number of halogens is 1. The van der Waals surface area contributed by atoms with Crippen molar-refractivity contribution >= 4 is 32.8 Å². The second-order valence-corrected chi connectivity index (χ2v) is 4.25. The van der Waals surface area contributed by atoms with Gasteiger partial charge in [-0.25, -0.2) is 0 Å². The molecule has 57 valence electrons. The second kappa shape index (κ2) is 4.26. The first-order valence-corrected chi connectivity index (χ1v) is 5.42. The molecule has 0 aliphatic carbocycles. The van der Waals surface area contributed by atoms with Crippen molar-refractivity contribution in [2.45, 2.75) is 19.4 Å². The first-order valence-electron chi connectivity index (χ1n) is 3.63. The molecule has 1 rings (SSSR count). The molecule has 0 saturated heterocycles. The van der Waals surface area contributed by atoms with Crippen LogP contribution < -0.4 is 0 Å². The van der Waals surface area contributed by atoms with Gasteiger partial charge in [0.2, 0.25) is 0 Å². The van der Waals surface area contributed by atoms with Crippen molar-refractivity contribution < 1.29 is 0 Å². The third-order valence-electron chi connectivity index (χ3n) is 1.65.